The van der Waals surface area contributed by atoms with Gasteiger partial charge < -0.3 is 15.8 Å². The fourth-order valence-corrected chi connectivity index (χ4v) is 2.91. The molecule has 0 fully saturated rings. The van der Waals surface area contributed by atoms with E-state index >= 15 is 0 Å². The number of nitrogen functional groups attached to an aromatic ring is 1. The number of ketones is 1. The number of benzene rings is 1. The van der Waals surface area contributed by atoms with Gasteiger partial charge in [-0.3, -0.25) is 9.78 Å². The highest BCUT2D eigenvalue weighted by Crippen LogP contribution is 2.30. The van der Waals surface area contributed by atoms with E-state index in [0.29, 0.717) is 16.4 Å². The fourth-order valence-electron chi connectivity index (χ4n) is 2.04. The molecule has 26 heavy (non-hydrogen) atoms. The van der Waals surface area contributed by atoms with Gasteiger partial charge in [0.05, 0.1) is 0 Å². The fraction of sp³-hybridized carbons (Fsp3) is 0.0625. The number of nitrogens with one attached hydrogen (secondary N) is 1. The summed E-state index contributed by atoms with van der Waals surface area (Å²) in [6.45, 7) is 0. The third kappa shape index (κ3) is 4.28. The minimum atomic E-state index is -4.75. The third-order valence-corrected chi connectivity index (χ3v) is 4.11. The van der Waals surface area contributed by atoms with Crippen LogP contribution in [0, 0.1) is 0 Å². The van der Waals surface area contributed by atoms with Gasteiger partial charge in [-0.15, -0.1) is 13.2 Å². The zero-order valence-electron chi connectivity index (χ0n) is 12.9. The van der Waals surface area contributed by atoms with Crippen LogP contribution in [0.1, 0.15) is 15.2 Å². The number of carbonyl (C=O) groups is 1. The first-order chi connectivity index (χ1) is 12.3. The van der Waals surface area contributed by atoms with E-state index in [9.17, 15) is 18.0 Å². The van der Waals surface area contributed by atoms with Crippen LogP contribution in [0.15, 0.2) is 48.8 Å². The molecular formula is C16H11F3N4O2S. The summed E-state index contributed by atoms with van der Waals surface area (Å²) in [5, 5.41) is 3.22. The van der Waals surface area contributed by atoms with Crippen molar-refractivity contribution in [1.29, 1.82) is 0 Å². The van der Waals surface area contributed by atoms with Crippen molar-refractivity contribution in [2.75, 3.05) is 11.1 Å². The number of halogens is 3. The number of alkyl halides is 3. The number of aromatic nitrogens is 2. The van der Waals surface area contributed by atoms with Crippen LogP contribution in [0.4, 0.5) is 29.8 Å². The molecule has 134 valence electrons. The van der Waals surface area contributed by atoms with Gasteiger partial charge in [0.15, 0.2) is 5.13 Å². The maximum absolute atomic E-state index is 12.4. The molecule has 0 atom stereocenters. The molecule has 0 aliphatic heterocycles. The molecule has 2 aromatic heterocycles. The van der Waals surface area contributed by atoms with E-state index in [2.05, 4.69) is 20.0 Å². The van der Waals surface area contributed by atoms with Gasteiger partial charge in [-0.25, -0.2) is 4.98 Å². The summed E-state index contributed by atoms with van der Waals surface area (Å²) in [5.74, 6) is -0.590. The lowest BCUT2D eigenvalue weighted by molar-refractivity contribution is -0.274. The summed E-state index contributed by atoms with van der Waals surface area (Å²) in [6.07, 6.45) is -1.78. The van der Waals surface area contributed by atoms with Gasteiger partial charge in [0.2, 0.25) is 5.78 Å². The number of hydrogen-bond acceptors (Lipinski definition) is 7. The van der Waals surface area contributed by atoms with Gasteiger partial charge in [-0.2, -0.15) is 0 Å². The predicted molar refractivity (Wildman–Crippen MR) is 90.6 cm³/mol. The Bertz CT molecular complexity index is 911. The molecule has 3 N–H and O–H groups in total. The topological polar surface area (TPSA) is 90.1 Å². The number of anilines is 3. The second-order valence-electron chi connectivity index (χ2n) is 5.00. The highest BCUT2D eigenvalue weighted by Gasteiger charge is 2.31. The third-order valence-electron chi connectivity index (χ3n) is 3.12. The minimum Gasteiger partial charge on any atom is -0.406 e. The van der Waals surface area contributed by atoms with Crippen LogP contribution in [-0.2, 0) is 0 Å². The minimum absolute atomic E-state index is 0.0587. The van der Waals surface area contributed by atoms with E-state index in [1.807, 2.05) is 0 Å². The largest absolute Gasteiger partial charge is 0.573 e. The van der Waals surface area contributed by atoms with E-state index < -0.39 is 6.36 Å². The Hall–Kier alpha value is -3.14. The number of nitrogens with zero attached hydrogens (tertiary/aromatic N) is 2. The number of nitrogens with two attached hydrogens (primary N) is 1. The zero-order chi connectivity index (χ0) is 18.7. The van der Waals surface area contributed by atoms with Crippen molar-refractivity contribution < 1.29 is 22.7 Å². The van der Waals surface area contributed by atoms with E-state index in [0.717, 1.165) is 23.5 Å². The van der Waals surface area contributed by atoms with Crippen LogP contribution in [0.25, 0.3) is 0 Å². The van der Waals surface area contributed by atoms with Crippen LogP contribution in [-0.4, -0.2) is 22.1 Å². The Morgan fingerprint density at radius 2 is 1.92 bits per heavy atom. The zero-order valence-corrected chi connectivity index (χ0v) is 13.8. The molecule has 2 heterocycles. The van der Waals surface area contributed by atoms with Crippen molar-refractivity contribution in [3.05, 3.63) is 59.2 Å². The van der Waals surface area contributed by atoms with Crippen LogP contribution < -0.4 is 15.8 Å². The van der Waals surface area contributed by atoms with Gasteiger partial charge in [-0.1, -0.05) is 11.3 Å². The number of carbonyl (C=O) groups excluding carboxylic acids is 1. The normalized spacial score (nSPS) is 11.2. The molecule has 0 aliphatic carbocycles. The number of hydrogen-bond donors (Lipinski definition) is 2. The first-order valence-corrected chi connectivity index (χ1v) is 7.97. The first kappa shape index (κ1) is 17.7. The molecule has 3 rings (SSSR count). The summed E-state index contributed by atoms with van der Waals surface area (Å²) in [4.78, 5) is 20.6. The average Bonchev–Trinajstić information content (AvgIpc) is 2.96. The molecule has 0 unspecified atom stereocenters. The summed E-state index contributed by atoms with van der Waals surface area (Å²) in [5.41, 5.74) is 6.64. The highest BCUT2D eigenvalue weighted by atomic mass is 32.1. The lowest BCUT2D eigenvalue weighted by Gasteiger charge is -2.09. The van der Waals surface area contributed by atoms with E-state index in [4.69, 9.17) is 5.73 Å². The summed E-state index contributed by atoms with van der Waals surface area (Å²) < 4.78 is 40.3. The Morgan fingerprint density at radius 1 is 1.19 bits per heavy atom. The predicted octanol–water partition coefficient (Wildman–Crippen LogP) is 3.99. The van der Waals surface area contributed by atoms with Crippen molar-refractivity contribution in [3.8, 4) is 5.75 Å². The van der Waals surface area contributed by atoms with Crippen molar-refractivity contribution in [3.63, 3.8) is 0 Å². The van der Waals surface area contributed by atoms with Gasteiger partial charge >= 0.3 is 6.36 Å². The van der Waals surface area contributed by atoms with Crippen LogP contribution in [0.5, 0.6) is 5.75 Å². The molecular weight excluding hydrogens is 369 g/mol. The lowest BCUT2D eigenvalue weighted by Crippen LogP contribution is -2.16. The molecule has 3 aromatic rings. The molecule has 0 saturated carbocycles. The van der Waals surface area contributed by atoms with Crippen LogP contribution >= 0.6 is 11.3 Å². The Balaban J connectivity index is 1.74. The maximum Gasteiger partial charge on any atom is 0.573 e. The van der Waals surface area contributed by atoms with Crippen molar-refractivity contribution in [2.24, 2.45) is 0 Å². The second-order valence-corrected chi connectivity index (χ2v) is 6.00. The van der Waals surface area contributed by atoms with Crippen LogP contribution in [0.3, 0.4) is 0 Å². The number of thiazole rings is 1. The Kier molecular flexibility index (Phi) is 4.76. The molecule has 0 spiro atoms. The summed E-state index contributed by atoms with van der Waals surface area (Å²) in [7, 11) is 0. The first-order valence-electron chi connectivity index (χ1n) is 7.16. The molecule has 10 heteroatoms. The number of ether oxygens (including phenoxy) is 1. The maximum atomic E-state index is 12.4. The van der Waals surface area contributed by atoms with Crippen molar-refractivity contribution >= 4 is 33.8 Å². The standard InChI is InChI=1S/C16H11F3N4O2S/c17-16(18,19)25-11-5-3-10(4-6-11)22-15-23-14(20)13(26-15)12(24)9-2-1-7-21-8-9/h1-8H,20H2,(H,22,23). The molecule has 0 amide bonds. The van der Waals surface area contributed by atoms with Crippen molar-refractivity contribution in [1.82, 2.24) is 9.97 Å². The van der Waals surface area contributed by atoms with E-state index in [-0.39, 0.29) is 22.2 Å². The number of rotatable bonds is 5. The van der Waals surface area contributed by atoms with Gasteiger partial charge in [0.1, 0.15) is 16.4 Å². The van der Waals surface area contributed by atoms with Crippen LogP contribution in [0.2, 0.25) is 0 Å². The SMILES string of the molecule is Nc1nc(Nc2ccc(OC(F)(F)F)cc2)sc1C(=O)c1cccnc1. The van der Waals surface area contributed by atoms with Crippen molar-refractivity contribution in [2.45, 2.75) is 6.36 Å². The summed E-state index contributed by atoms with van der Waals surface area (Å²) in [6, 6.07) is 8.35. The molecule has 6 nitrogen and oxygen atoms in total. The Labute approximate surface area is 149 Å². The average molecular weight is 380 g/mol. The van der Waals surface area contributed by atoms with Gasteiger partial charge in [0.25, 0.3) is 0 Å². The Morgan fingerprint density at radius 3 is 2.54 bits per heavy atom. The van der Waals surface area contributed by atoms with Gasteiger partial charge in [0, 0.05) is 23.6 Å². The highest BCUT2D eigenvalue weighted by molar-refractivity contribution is 7.18. The molecule has 0 aliphatic rings. The molecule has 0 bridgehead atoms. The smallest absolute Gasteiger partial charge is 0.406 e. The van der Waals surface area contributed by atoms with E-state index in [1.165, 1.54) is 18.3 Å². The lowest BCUT2D eigenvalue weighted by atomic mass is 10.2. The van der Waals surface area contributed by atoms with E-state index in [1.54, 1.807) is 18.3 Å². The number of pyridine rings is 1. The van der Waals surface area contributed by atoms with Gasteiger partial charge in [-0.05, 0) is 36.4 Å². The molecule has 0 radical (unpaired) electrons. The molecule has 0 saturated heterocycles. The quantitative estimate of drug-likeness (QED) is 0.651. The second kappa shape index (κ2) is 7.00. The molecule has 1 aromatic carbocycles. The summed E-state index contributed by atoms with van der Waals surface area (Å²) >= 11 is 1.04. The monoisotopic (exact) mass is 380 g/mol.